The summed E-state index contributed by atoms with van der Waals surface area (Å²) in [4.78, 5) is 16.4. The van der Waals surface area contributed by atoms with Crippen molar-refractivity contribution in [1.29, 1.82) is 0 Å². The van der Waals surface area contributed by atoms with Crippen LogP contribution in [0.25, 0.3) is 0 Å². The van der Waals surface area contributed by atoms with Gasteiger partial charge in [0.15, 0.2) is 0 Å². The molecule has 0 unspecified atom stereocenters. The van der Waals surface area contributed by atoms with Crippen LogP contribution >= 0.6 is 11.6 Å². The molecule has 0 atom stereocenters. The minimum atomic E-state index is -0.257. The maximum Gasteiger partial charge on any atom is 0.270 e. The molecule has 3 rings (SSSR count). The molecule has 27 heavy (non-hydrogen) atoms. The molecule has 0 fully saturated rings. The Morgan fingerprint density at radius 2 is 1.81 bits per heavy atom. The van der Waals surface area contributed by atoms with E-state index in [1.165, 1.54) is 12.1 Å². The van der Waals surface area contributed by atoms with Crippen LogP contribution < -0.4 is 10.6 Å². The molecule has 0 aliphatic rings. The zero-order valence-electron chi connectivity index (χ0n) is 14.6. The Kier molecular flexibility index (Phi) is 6.39. The number of halogens is 2. The Morgan fingerprint density at radius 3 is 2.52 bits per heavy atom. The van der Waals surface area contributed by atoms with Gasteiger partial charge in [-0.25, -0.2) is 9.37 Å². The predicted molar refractivity (Wildman–Crippen MR) is 105 cm³/mol. The first-order chi connectivity index (χ1) is 13.1. The van der Waals surface area contributed by atoms with Gasteiger partial charge in [0, 0.05) is 18.1 Å². The van der Waals surface area contributed by atoms with Crippen LogP contribution in [-0.2, 0) is 13.0 Å². The lowest BCUT2D eigenvalue weighted by Gasteiger charge is -2.08. The van der Waals surface area contributed by atoms with Gasteiger partial charge in [-0.3, -0.25) is 4.79 Å². The molecule has 0 spiro atoms. The number of anilines is 1. The second-order valence-electron chi connectivity index (χ2n) is 6.01. The van der Waals surface area contributed by atoms with Crippen molar-refractivity contribution >= 4 is 23.2 Å². The summed E-state index contributed by atoms with van der Waals surface area (Å²) in [5.74, 6) is -0.493. The van der Waals surface area contributed by atoms with Gasteiger partial charge in [0.05, 0.1) is 11.9 Å². The van der Waals surface area contributed by atoms with Crippen molar-refractivity contribution in [3.8, 4) is 0 Å². The lowest BCUT2D eigenvalue weighted by atomic mass is 10.1. The van der Waals surface area contributed by atoms with Gasteiger partial charge >= 0.3 is 0 Å². The Bertz CT molecular complexity index is 898. The highest BCUT2D eigenvalue weighted by atomic mass is 35.5. The Hall–Kier alpha value is -2.92. The standard InChI is InChI=1S/C21H19ClFN3O/c22-19-4-2-1-3-16(19)13-26-21(27)20-10-9-18(14-25-20)24-12-11-15-5-7-17(23)8-6-15/h1-10,14,24H,11-13H2,(H,26,27). The summed E-state index contributed by atoms with van der Waals surface area (Å²) in [5.41, 5.74) is 3.06. The average Bonchev–Trinajstić information content (AvgIpc) is 2.69. The minimum absolute atomic E-state index is 0.237. The van der Waals surface area contributed by atoms with Gasteiger partial charge in [-0.1, -0.05) is 41.9 Å². The molecule has 4 nitrogen and oxygen atoms in total. The number of nitrogens with zero attached hydrogens (tertiary/aromatic N) is 1. The molecule has 0 radical (unpaired) electrons. The molecule has 3 aromatic rings. The van der Waals surface area contributed by atoms with E-state index >= 15 is 0 Å². The van der Waals surface area contributed by atoms with E-state index in [1.807, 2.05) is 24.3 Å². The number of hydrogen-bond donors (Lipinski definition) is 2. The molecule has 1 heterocycles. The highest BCUT2D eigenvalue weighted by Gasteiger charge is 2.08. The maximum absolute atomic E-state index is 12.9. The predicted octanol–water partition coefficient (Wildman–Crippen LogP) is 4.46. The first kappa shape index (κ1) is 18.9. The smallest absolute Gasteiger partial charge is 0.270 e. The average molecular weight is 384 g/mol. The summed E-state index contributed by atoms with van der Waals surface area (Å²) in [5, 5.41) is 6.66. The van der Waals surface area contributed by atoms with Crippen LogP contribution in [0.1, 0.15) is 21.6 Å². The SMILES string of the molecule is O=C(NCc1ccccc1Cl)c1ccc(NCCc2ccc(F)cc2)cn1. The normalized spacial score (nSPS) is 10.4. The van der Waals surface area contributed by atoms with Crippen LogP contribution in [0.5, 0.6) is 0 Å². The van der Waals surface area contributed by atoms with Gasteiger partial charge in [0.2, 0.25) is 0 Å². The number of hydrogen-bond acceptors (Lipinski definition) is 3. The zero-order chi connectivity index (χ0) is 19.1. The minimum Gasteiger partial charge on any atom is -0.383 e. The number of benzene rings is 2. The van der Waals surface area contributed by atoms with Crippen molar-refractivity contribution in [2.75, 3.05) is 11.9 Å². The summed E-state index contributed by atoms with van der Waals surface area (Å²) in [6.07, 6.45) is 2.38. The molecule has 1 aromatic heterocycles. The number of nitrogens with one attached hydrogen (secondary N) is 2. The van der Waals surface area contributed by atoms with Crippen LogP contribution in [0.15, 0.2) is 66.9 Å². The monoisotopic (exact) mass is 383 g/mol. The number of aromatic nitrogens is 1. The molecule has 0 bridgehead atoms. The fourth-order valence-corrected chi connectivity index (χ4v) is 2.75. The Balaban J connectivity index is 1.48. The number of carbonyl (C=O) groups is 1. The van der Waals surface area contributed by atoms with Crippen molar-refractivity contribution in [2.24, 2.45) is 0 Å². The van der Waals surface area contributed by atoms with Crippen LogP contribution in [0, 0.1) is 5.82 Å². The Labute approximate surface area is 162 Å². The molecule has 1 amide bonds. The lowest BCUT2D eigenvalue weighted by Crippen LogP contribution is -2.23. The maximum atomic E-state index is 12.9. The fraction of sp³-hybridized carbons (Fsp3) is 0.143. The van der Waals surface area contributed by atoms with Gasteiger partial charge in [-0.15, -0.1) is 0 Å². The largest absolute Gasteiger partial charge is 0.383 e. The van der Waals surface area contributed by atoms with Crippen LogP contribution in [0.3, 0.4) is 0 Å². The van der Waals surface area contributed by atoms with Crippen LogP contribution in [0.4, 0.5) is 10.1 Å². The zero-order valence-corrected chi connectivity index (χ0v) is 15.3. The highest BCUT2D eigenvalue weighted by Crippen LogP contribution is 2.14. The molecule has 0 aliphatic heterocycles. The summed E-state index contributed by atoms with van der Waals surface area (Å²) in [6, 6.07) is 17.3. The van der Waals surface area contributed by atoms with Gasteiger partial charge in [-0.05, 0) is 47.9 Å². The van der Waals surface area contributed by atoms with E-state index in [0.717, 1.165) is 23.2 Å². The Morgan fingerprint density at radius 1 is 1.04 bits per heavy atom. The number of amides is 1. The van der Waals surface area contributed by atoms with Crippen molar-refractivity contribution in [2.45, 2.75) is 13.0 Å². The highest BCUT2D eigenvalue weighted by molar-refractivity contribution is 6.31. The second kappa shape index (κ2) is 9.14. The summed E-state index contributed by atoms with van der Waals surface area (Å²) >= 11 is 6.08. The van der Waals surface area contributed by atoms with E-state index in [-0.39, 0.29) is 11.7 Å². The molecule has 0 saturated heterocycles. The molecule has 138 valence electrons. The fourth-order valence-electron chi connectivity index (χ4n) is 2.54. The van der Waals surface area contributed by atoms with Gasteiger partial charge in [0.25, 0.3) is 5.91 Å². The van der Waals surface area contributed by atoms with Crippen molar-refractivity contribution < 1.29 is 9.18 Å². The number of pyridine rings is 1. The molecule has 0 aliphatic carbocycles. The first-order valence-corrected chi connectivity index (χ1v) is 8.95. The van der Waals surface area contributed by atoms with E-state index in [4.69, 9.17) is 11.6 Å². The summed E-state index contributed by atoms with van der Waals surface area (Å²) in [7, 11) is 0. The molecular weight excluding hydrogens is 365 g/mol. The summed E-state index contributed by atoms with van der Waals surface area (Å²) in [6.45, 7) is 1.03. The number of rotatable bonds is 7. The lowest BCUT2D eigenvalue weighted by molar-refractivity contribution is 0.0946. The third-order valence-corrected chi connectivity index (χ3v) is 4.42. The molecule has 0 saturated carbocycles. The van der Waals surface area contributed by atoms with E-state index in [1.54, 1.807) is 30.5 Å². The van der Waals surface area contributed by atoms with E-state index in [9.17, 15) is 9.18 Å². The third kappa shape index (κ3) is 5.53. The van der Waals surface area contributed by atoms with Crippen molar-refractivity contribution in [3.05, 3.63) is 94.5 Å². The topological polar surface area (TPSA) is 54.0 Å². The third-order valence-electron chi connectivity index (χ3n) is 4.05. The molecule has 6 heteroatoms. The van der Waals surface area contributed by atoms with Crippen molar-refractivity contribution in [1.82, 2.24) is 10.3 Å². The first-order valence-electron chi connectivity index (χ1n) is 8.58. The van der Waals surface area contributed by atoms with Gasteiger partial charge in [-0.2, -0.15) is 0 Å². The van der Waals surface area contributed by atoms with Gasteiger partial charge < -0.3 is 10.6 Å². The molecular formula is C21H19ClFN3O. The van der Waals surface area contributed by atoms with E-state index in [2.05, 4.69) is 15.6 Å². The van der Waals surface area contributed by atoms with Gasteiger partial charge in [0.1, 0.15) is 11.5 Å². The summed E-state index contributed by atoms with van der Waals surface area (Å²) < 4.78 is 12.9. The quantitative estimate of drug-likeness (QED) is 0.633. The van der Waals surface area contributed by atoms with E-state index < -0.39 is 0 Å². The van der Waals surface area contributed by atoms with Crippen LogP contribution in [-0.4, -0.2) is 17.4 Å². The van der Waals surface area contributed by atoms with E-state index in [0.29, 0.717) is 23.8 Å². The molecule has 2 aromatic carbocycles. The second-order valence-corrected chi connectivity index (χ2v) is 6.42. The molecule has 2 N–H and O–H groups in total. The van der Waals surface area contributed by atoms with Crippen molar-refractivity contribution in [3.63, 3.8) is 0 Å². The number of carbonyl (C=O) groups excluding carboxylic acids is 1. The van der Waals surface area contributed by atoms with Crippen LogP contribution in [0.2, 0.25) is 5.02 Å².